The minimum absolute atomic E-state index is 0.00676. The minimum atomic E-state index is -5.47. The Bertz CT molecular complexity index is 860. The van der Waals surface area contributed by atoms with Crippen LogP contribution in [-0.4, -0.2) is 26.4 Å². The molecule has 0 heterocycles. The van der Waals surface area contributed by atoms with Crippen LogP contribution in [0.4, 0.5) is 23.2 Å². The normalized spacial score (nSPS) is 12.0. The van der Waals surface area contributed by atoms with E-state index >= 15 is 0 Å². The maximum atomic E-state index is 13.0. The van der Waals surface area contributed by atoms with Crippen molar-refractivity contribution in [2.45, 2.75) is 17.3 Å². The van der Waals surface area contributed by atoms with E-state index in [0.29, 0.717) is 5.69 Å². The van der Waals surface area contributed by atoms with E-state index in [2.05, 4.69) is 0 Å². The molecule has 0 unspecified atom stereocenters. The summed E-state index contributed by atoms with van der Waals surface area (Å²) in [6, 6.07) is 8.59. The number of carbonyl (C=O) groups excluding carboxylic acids is 1. The number of halogens is 4. The lowest BCUT2D eigenvalue weighted by Gasteiger charge is -2.21. The van der Waals surface area contributed by atoms with Gasteiger partial charge in [0, 0.05) is 17.8 Å². The van der Waals surface area contributed by atoms with Gasteiger partial charge in [-0.2, -0.15) is 13.2 Å². The molecular weight excluding hydrogens is 362 g/mol. The van der Waals surface area contributed by atoms with Gasteiger partial charge in [-0.15, -0.1) is 0 Å². The Labute approximate surface area is 141 Å². The molecule has 2 aromatic carbocycles. The molecule has 2 aromatic rings. The van der Waals surface area contributed by atoms with E-state index in [-0.39, 0.29) is 12.1 Å². The van der Waals surface area contributed by atoms with Gasteiger partial charge in [0.25, 0.3) is 15.7 Å². The highest BCUT2D eigenvalue weighted by Crippen LogP contribution is 2.30. The summed E-state index contributed by atoms with van der Waals surface area (Å²) >= 11 is 0. The van der Waals surface area contributed by atoms with Crippen molar-refractivity contribution in [2.75, 3.05) is 11.4 Å². The van der Waals surface area contributed by atoms with Crippen LogP contribution in [0, 0.1) is 5.82 Å². The lowest BCUT2D eigenvalue weighted by molar-refractivity contribution is -0.0436. The third kappa shape index (κ3) is 3.81. The van der Waals surface area contributed by atoms with Gasteiger partial charge in [-0.1, -0.05) is 0 Å². The van der Waals surface area contributed by atoms with Crippen LogP contribution >= 0.6 is 0 Å². The monoisotopic (exact) mass is 375 g/mol. The van der Waals surface area contributed by atoms with Crippen molar-refractivity contribution in [2.24, 2.45) is 0 Å². The molecule has 25 heavy (non-hydrogen) atoms. The van der Waals surface area contributed by atoms with Crippen LogP contribution in [0.1, 0.15) is 17.3 Å². The first-order chi connectivity index (χ1) is 11.6. The van der Waals surface area contributed by atoms with Gasteiger partial charge in [0.05, 0.1) is 4.90 Å². The van der Waals surface area contributed by atoms with Gasteiger partial charge in [0.1, 0.15) is 5.82 Å². The summed E-state index contributed by atoms with van der Waals surface area (Å²) in [5.74, 6) is -1.03. The average molecular weight is 375 g/mol. The van der Waals surface area contributed by atoms with E-state index in [4.69, 9.17) is 0 Å². The van der Waals surface area contributed by atoms with Gasteiger partial charge in [-0.05, 0) is 55.5 Å². The quantitative estimate of drug-likeness (QED) is 0.764. The van der Waals surface area contributed by atoms with E-state index in [0.717, 1.165) is 24.3 Å². The number of benzene rings is 2. The number of carbonyl (C=O) groups is 1. The zero-order valence-corrected chi connectivity index (χ0v) is 13.7. The molecule has 0 saturated heterocycles. The Morgan fingerprint density at radius 1 is 1.00 bits per heavy atom. The SMILES string of the molecule is CCN(C(=O)c1ccc(S(=O)(=O)C(F)(F)F)cc1)c1ccc(F)cc1. The first kappa shape index (κ1) is 18.9. The number of alkyl halides is 3. The molecular formula is C16H13F4NO3S. The number of anilines is 1. The van der Waals surface area contributed by atoms with E-state index < -0.39 is 32.0 Å². The smallest absolute Gasteiger partial charge is 0.309 e. The zero-order valence-electron chi connectivity index (χ0n) is 12.9. The maximum absolute atomic E-state index is 13.0. The van der Waals surface area contributed by atoms with E-state index in [1.54, 1.807) is 6.92 Å². The third-order valence-corrected chi connectivity index (χ3v) is 4.92. The number of sulfone groups is 1. The fourth-order valence-corrected chi connectivity index (χ4v) is 2.89. The summed E-state index contributed by atoms with van der Waals surface area (Å²) < 4.78 is 73.2. The topological polar surface area (TPSA) is 54.5 Å². The predicted octanol–water partition coefficient (Wildman–Crippen LogP) is 3.79. The summed E-state index contributed by atoms with van der Waals surface area (Å²) in [6.45, 7) is 1.90. The Hall–Kier alpha value is -2.42. The van der Waals surface area contributed by atoms with E-state index in [1.165, 1.54) is 29.2 Å². The van der Waals surface area contributed by atoms with Crippen LogP contribution in [0.15, 0.2) is 53.4 Å². The molecule has 1 amide bonds. The van der Waals surface area contributed by atoms with Gasteiger partial charge in [0.2, 0.25) is 0 Å². The second-order valence-corrected chi connectivity index (χ2v) is 6.94. The van der Waals surface area contributed by atoms with Gasteiger partial charge >= 0.3 is 5.51 Å². The summed E-state index contributed by atoms with van der Waals surface area (Å²) in [5, 5.41) is 0. The van der Waals surface area contributed by atoms with Crippen molar-refractivity contribution in [1.29, 1.82) is 0 Å². The Morgan fingerprint density at radius 3 is 1.96 bits per heavy atom. The number of hydrogen-bond donors (Lipinski definition) is 0. The highest BCUT2D eigenvalue weighted by molar-refractivity contribution is 7.92. The van der Waals surface area contributed by atoms with Gasteiger partial charge in [-0.3, -0.25) is 4.79 Å². The minimum Gasteiger partial charge on any atom is -0.309 e. The highest BCUT2D eigenvalue weighted by atomic mass is 32.2. The van der Waals surface area contributed by atoms with Crippen molar-refractivity contribution in [3.63, 3.8) is 0 Å². The second-order valence-electron chi connectivity index (χ2n) is 5.00. The molecule has 0 bridgehead atoms. The van der Waals surface area contributed by atoms with Crippen LogP contribution in [0.5, 0.6) is 0 Å². The first-order valence-corrected chi connectivity index (χ1v) is 8.55. The van der Waals surface area contributed by atoms with Gasteiger partial charge in [0.15, 0.2) is 0 Å². The van der Waals surface area contributed by atoms with Crippen LogP contribution in [0.25, 0.3) is 0 Å². The number of amides is 1. The van der Waals surface area contributed by atoms with E-state index in [9.17, 15) is 30.8 Å². The number of rotatable bonds is 4. The number of nitrogens with zero attached hydrogens (tertiary/aromatic N) is 1. The molecule has 9 heteroatoms. The van der Waals surface area contributed by atoms with E-state index in [1.807, 2.05) is 0 Å². The van der Waals surface area contributed by atoms with Crippen LogP contribution in [0.2, 0.25) is 0 Å². The first-order valence-electron chi connectivity index (χ1n) is 7.06. The molecule has 4 nitrogen and oxygen atoms in total. The van der Waals surface area contributed by atoms with Crippen molar-refractivity contribution in [3.05, 3.63) is 59.9 Å². The zero-order chi connectivity index (χ0) is 18.8. The summed E-state index contributed by atoms with van der Waals surface area (Å²) in [5.41, 5.74) is -5.00. The summed E-state index contributed by atoms with van der Waals surface area (Å²) in [7, 11) is -5.47. The van der Waals surface area contributed by atoms with Gasteiger partial charge in [-0.25, -0.2) is 12.8 Å². The molecule has 0 spiro atoms. The van der Waals surface area contributed by atoms with Crippen LogP contribution in [0.3, 0.4) is 0 Å². The van der Waals surface area contributed by atoms with Crippen molar-refractivity contribution >= 4 is 21.4 Å². The lowest BCUT2D eigenvalue weighted by Crippen LogP contribution is -2.30. The molecule has 0 N–H and O–H groups in total. The second kappa shape index (κ2) is 6.83. The Balaban J connectivity index is 2.32. The lowest BCUT2D eigenvalue weighted by atomic mass is 10.2. The highest BCUT2D eigenvalue weighted by Gasteiger charge is 2.46. The molecule has 0 aromatic heterocycles. The van der Waals surface area contributed by atoms with Gasteiger partial charge < -0.3 is 4.90 Å². The molecule has 0 radical (unpaired) electrons. The molecule has 2 rings (SSSR count). The molecule has 0 saturated carbocycles. The standard InChI is InChI=1S/C16H13F4NO3S/c1-2-21(13-7-5-12(17)6-8-13)15(22)11-3-9-14(10-4-11)25(23,24)16(18,19)20/h3-10H,2H2,1H3. The Kier molecular flexibility index (Phi) is 5.17. The fraction of sp³-hybridized carbons (Fsp3) is 0.188. The molecule has 0 aliphatic carbocycles. The molecule has 134 valence electrons. The summed E-state index contributed by atoms with van der Waals surface area (Å²) in [4.78, 5) is 12.8. The van der Waals surface area contributed by atoms with Crippen LogP contribution in [-0.2, 0) is 9.84 Å². The van der Waals surface area contributed by atoms with Crippen LogP contribution < -0.4 is 4.90 Å². The largest absolute Gasteiger partial charge is 0.501 e. The average Bonchev–Trinajstić information content (AvgIpc) is 2.56. The fourth-order valence-electron chi connectivity index (χ4n) is 2.13. The van der Waals surface area contributed by atoms with Crippen molar-refractivity contribution in [1.82, 2.24) is 0 Å². The van der Waals surface area contributed by atoms with Crippen molar-refractivity contribution in [3.8, 4) is 0 Å². The van der Waals surface area contributed by atoms with Crippen molar-refractivity contribution < 1.29 is 30.8 Å². The molecule has 0 aliphatic rings. The third-order valence-electron chi connectivity index (χ3n) is 3.42. The molecule has 0 atom stereocenters. The predicted molar refractivity (Wildman–Crippen MR) is 83.4 cm³/mol. The number of hydrogen-bond acceptors (Lipinski definition) is 3. The Morgan fingerprint density at radius 2 is 1.52 bits per heavy atom. The summed E-state index contributed by atoms with van der Waals surface area (Å²) in [6.07, 6.45) is 0. The maximum Gasteiger partial charge on any atom is 0.501 e. The molecule has 0 fully saturated rings. The molecule has 0 aliphatic heterocycles.